The van der Waals surface area contributed by atoms with Gasteiger partial charge in [-0.25, -0.2) is 4.98 Å². The number of esters is 6. The van der Waals surface area contributed by atoms with E-state index in [1.807, 2.05) is 0 Å². The van der Waals surface area contributed by atoms with Crippen LogP contribution in [0.25, 0.3) is 0 Å². The Morgan fingerprint density at radius 2 is 1.33 bits per heavy atom. The van der Waals surface area contributed by atoms with Crippen LogP contribution in [0.1, 0.15) is 53.2 Å². The van der Waals surface area contributed by atoms with E-state index in [0.717, 1.165) is 45.5 Å². The summed E-state index contributed by atoms with van der Waals surface area (Å²) >= 11 is 0. The summed E-state index contributed by atoms with van der Waals surface area (Å²) < 4.78 is 44.8. The standard InChI is InChI=1S/C28H33N3O15/c1-13(32)39-8-20-24(43-15(3)34)27(10-41-20,45-17(5)36)19-7-29-23-22(19)30-12-31(26(23)38)28(46-18(6)37)11-42-21(9-40-14(2)33)25(28)44-16(4)35/h7,12,19-21,24-25H,8-11H2,1-6H3/t19-,20+,21-,24-,25+,27+,28+/m1/s1. The van der Waals surface area contributed by atoms with E-state index in [1.54, 1.807) is 0 Å². The Morgan fingerprint density at radius 1 is 0.783 bits per heavy atom. The fourth-order valence-electron chi connectivity index (χ4n) is 5.71. The van der Waals surface area contributed by atoms with Crippen molar-refractivity contribution < 1.29 is 66.7 Å². The Morgan fingerprint density at radius 3 is 1.87 bits per heavy atom. The molecule has 2 fully saturated rings. The molecule has 0 spiro atoms. The van der Waals surface area contributed by atoms with Crippen LogP contribution >= 0.6 is 0 Å². The predicted molar refractivity (Wildman–Crippen MR) is 147 cm³/mol. The molecule has 7 atom stereocenters. The first-order valence-corrected chi connectivity index (χ1v) is 14.0. The van der Waals surface area contributed by atoms with Crippen molar-refractivity contribution in [2.24, 2.45) is 4.99 Å². The second-order valence-corrected chi connectivity index (χ2v) is 10.8. The molecule has 250 valence electrons. The van der Waals surface area contributed by atoms with Gasteiger partial charge in [0.05, 0.1) is 18.2 Å². The Bertz CT molecular complexity index is 1520. The summed E-state index contributed by atoms with van der Waals surface area (Å²) in [7, 11) is 0. The number of rotatable bonds is 10. The number of hydrogen-bond donors (Lipinski definition) is 0. The van der Waals surface area contributed by atoms with Crippen LogP contribution in [0.15, 0.2) is 16.1 Å². The van der Waals surface area contributed by atoms with Gasteiger partial charge in [-0.3, -0.25) is 43.1 Å². The molecule has 0 aromatic carbocycles. The van der Waals surface area contributed by atoms with Crippen molar-refractivity contribution in [3.63, 3.8) is 0 Å². The number of aliphatic imine (C=N–C) groups is 1. The maximum Gasteiger partial charge on any atom is 0.304 e. The van der Waals surface area contributed by atoms with E-state index in [0.29, 0.717) is 0 Å². The number of fused-ring (bicyclic) bond motifs is 1. The maximum absolute atomic E-state index is 14.1. The molecule has 18 nitrogen and oxygen atoms in total. The molecule has 1 aromatic rings. The first-order valence-electron chi connectivity index (χ1n) is 14.0. The van der Waals surface area contributed by atoms with Gasteiger partial charge in [0.25, 0.3) is 11.3 Å². The highest BCUT2D eigenvalue weighted by Crippen LogP contribution is 2.46. The van der Waals surface area contributed by atoms with Gasteiger partial charge in [-0.15, -0.1) is 0 Å². The quantitative estimate of drug-likeness (QED) is 0.226. The molecule has 46 heavy (non-hydrogen) atoms. The van der Waals surface area contributed by atoms with Crippen molar-refractivity contribution in [1.29, 1.82) is 0 Å². The molecule has 0 radical (unpaired) electrons. The molecule has 0 aliphatic carbocycles. The molecule has 0 bridgehead atoms. The van der Waals surface area contributed by atoms with E-state index in [9.17, 15) is 33.6 Å². The minimum Gasteiger partial charge on any atom is -0.463 e. The molecule has 4 rings (SSSR count). The summed E-state index contributed by atoms with van der Waals surface area (Å²) in [4.78, 5) is 94.7. The third kappa shape index (κ3) is 6.62. The van der Waals surface area contributed by atoms with Gasteiger partial charge in [0.15, 0.2) is 23.5 Å². The van der Waals surface area contributed by atoms with Crippen LogP contribution in [0.3, 0.4) is 0 Å². The van der Waals surface area contributed by atoms with Gasteiger partial charge in [0.2, 0.25) is 0 Å². The summed E-state index contributed by atoms with van der Waals surface area (Å²) in [5, 5.41) is 0. The molecule has 3 aliphatic heterocycles. The Balaban J connectivity index is 1.82. The van der Waals surface area contributed by atoms with Crippen molar-refractivity contribution in [3.8, 4) is 0 Å². The third-order valence-corrected chi connectivity index (χ3v) is 7.33. The van der Waals surface area contributed by atoms with Crippen LogP contribution in [-0.2, 0) is 72.4 Å². The largest absolute Gasteiger partial charge is 0.463 e. The second-order valence-electron chi connectivity index (χ2n) is 10.8. The lowest BCUT2D eigenvalue weighted by molar-refractivity contribution is -0.198. The van der Waals surface area contributed by atoms with Crippen LogP contribution in [0.2, 0.25) is 0 Å². The average molecular weight is 652 g/mol. The number of hydrogen-bond acceptors (Lipinski definition) is 17. The number of carbonyl (C=O) groups is 6. The van der Waals surface area contributed by atoms with Crippen molar-refractivity contribution in [3.05, 3.63) is 22.4 Å². The molecule has 0 N–H and O–H groups in total. The van der Waals surface area contributed by atoms with E-state index in [1.165, 1.54) is 13.1 Å². The Kier molecular flexibility index (Phi) is 9.91. The number of nitrogens with zero attached hydrogens (tertiary/aromatic N) is 3. The van der Waals surface area contributed by atoms with Crippen LogP contribution in [0, 0.1) is 0 Å². The molecule has 3 aliphatic rings. The SMILES string of the molecule is CC(=O)OC[C@@H]1OC[C@](OC(C)=O)([C@@H]2C=Nc3c2ncn([C@]2(OC(C)=O)CO[C@H](COC(C)=O)[C@@H]2OC(C)=O)c3=O)[C@@H]1OC(C)=O. The van der Waals surface area contributed by atoms with Gasteiger partial charge in [-0.1, -0.05) is 0 Å². The molecule has 2 saturated heterocycles. The Hall–Kier alpha value is -4.71. The first kappa shape index (κ1) is 34.2. The van der Waals surface area contributed by atoms with Crippen molar-refractivity contribution >= 4 is 47.7 Å². The fraction of sp³-hybridized carbons (Fsp3) is 0.607. The number of ether oxygens (including phenoxy) is 8. The lowest BCUT2D eigenvalue weighted by Gasteiger charge is -2.37. The minimum absolute atomic E-state index is 0.0197. The zero-order valence-corrected chi connectivity index (χ0v) is 25.8. The maximum atomic E-state index is 14.1. The first-order chi connectivity index (χ1) is 21.6. The summed E-state index contributed by atoms with van der Waals surface area (Å²) in [6, 6.07) is 0. The van der Waals surface area contributed by atoms with Crippen LogP contribution in [0.5, 0.6) is 0 Å². The van der Waals surface area contributed by atoms with Gasteiger partial charge in [-0.2, -0.15) is 0 Å². The zero-order chi connectivity index (χ0) is 34.0. The predicted octanol–water partition coefficient (Wildman–Crippen LogP) is -0.652. The summed E-state index contributed by atoms with van der Waals surface area (Å²) in [5.74, 6) is -5.65. The van der Waals surface area contributed by atoms with Gasteiger partial charge in [0, 0.05) is 47.8 Å². The highest BCUT2D eigenvalue weighted by Gasteiger charge is 2.62. The molecule has 1 aromatic heterocycles. The molecule has 0 amide bonds. The molecule has 18 heteroatoms. The van der Waals surface area contributed by atoms with Gasteiger partial charge >= 0.3 is 35.8 Å². The molecule has 4 heterocycles. The van der Waals surface area contributed by atoms with Crippen LogP contribution < -0.4 is 5.56 Å². The Labute approximate surface area is 261 Å². The number of carbonyl (C=O) groups excluding carboxylic acids is 6. The van der Waals surface area contributed by atoms with E-state index >= 15 is 0 Å². The van der Waals surface area contributed by atoms with Crippen LogP contribution in [-0.4, -0.2) is 108 Å². The lowest BCUT2D eigenvalue weighted by atomic mass is 9.81. The highest BCUT2D eigenvalue weighted by atomic mass is 16.7. The average Bonchev–Trinajstić information content (AvgIpc) is 3.61. The van der Waals surface area contributed by atoms with Gasteiger partial charge in [0.1, 0.15) is 38.4 Å². The molecular formula is C28H33N3O15. The lowest BCUT2D eigenvalue weighted by Crippen LogP contribution is -2.56. The summed E-state index contributed by atoms with van der Waals surface area (Å²) in [5.41, 5.74) is -5.08. The van der Waals surface area contributed by atoms with E-state index in [4.69, 9.17) is 37.9 Å². The highest BCUT2D eigenvalue weighted by molar-refractivity contribution is 5.82. The molecular weight excluding hydrogens is 618 g/mol. The number of aromatic nitrogens is 2. The van der Waals surface area contributed by atoms with Crippen LogP contribution in [0.4, 0.5) is 5.69 Å². The molecule has 0 unspecified atom stereocenters. The van der Waals surface area contributed by atoms with Crippen molar-refractivity contribution in [2.75, 3.05) is 26.4 Å². The topological polar surface area (TPSA) is 224 Å². The van der Waals surface area contributed by atoms with E-state index < -0.39 is 96.2 Å². The smallest absolute Gasteiger partial charge is 0.304 e. The minimum atomic E-state index is -2.10. The third-order valence-electron chi connectivity index (χ3n) is 7.33. The van der Waals surface area contributed by atoms with Crippen molar-refractivity contribution in [1.82, 2.24) is 9.55 Å². The van der Waals surface area contributed by atoms with E-state index in [-0.39, 0.29) is 24.6 Å². The summed E-state index contributed by atoms with van der Waals surface area (Å²) in [6.45, 7) is 5.10. The zero-order valence-electron chi connectivity index (χ0n) is 25.8. The van der Waals surface area contributed by atoms with E-state index in [2.05, 4.69) is 9.98 Å². The summed E-state index contributed by atoms with van der Waals surface area (Å²) in [6.07, 6.45) is -2.74. The molecule has 0 saturated carbocycles. The monoisotopic (exact) mass is 651 g/mol. The fourth-order valence-corrected chi connectivity index (χ4v) is 5.71. The second kappa shape index (κ2) is 13.3. The normalized spacial score (nSPS) is 29.4. The van der Waals surface area contributed by atoms with Crippen molar-refractivity contribution in [2.45, 2.75) is 83.2 Å². The van der Waals surface area contributed by atoms with Gasteiger partial charge < -0.3 is 37.9 Å². The van der Waals surface area contributed by atoms with Gasteiger partial charge in [-0.05, 0) is 0 Å².